The highest BCUT2D eigenvalue weighted by Gasteiger charge is 2.18. The van der Waals surface area contributed by atoms with E-state index in [4.69, 9.17) is 4.74 Å². The molecule has 0 N–H and O–H groups in total. The molecule has 0 aromatic rings. The summed E-state index contributed by atoms with van der Waals surface area (Å²) in [6, 6.07) is -0.656. The van der Waals surface area contributed by atoms with Crippen molar-refractivity contribution in [1.82, 2.24) is 0 Å². The van der Waals surface area contributed by atoms with Crippen LogP contribution in [-0.2, 0) is 20.3 Å². The van der Waals surface area contributed by atoms with Gasteiger partial charge in [-0.2, -0.15) is 0 Å². The number of hydrogen-bond donors (Lipinski definition) is 0. The van der Waals surface area contributed by atoms with Crippen molar-refractivity contribution >= 4 is 34.1 Å². The Morgan fingerprint density at radius 1 is 1.71 bits per heavy atom. The summed E-state index contributed by atoms with van der Waals surface area (Å²) in [4.78, 5) is 14.9. The van der Waals surface area contributed by atoms with Gasteiger partial charge in [0.25, 0.3) is 0 Å². The Bertz CT molecular complexity index is 261. The number of hydrogen-bond acceptors (Lipinski definition) is 5. The minimum atomic E-state index is -0.940. The summed E-state index contributed by atoms with van der Waals surface area (Å²) in [5, 5.41) is 2.14. The van der Waals surface area contributed by atoms with Crippen LogP contribution in [0.2, 0.25) is 0 Å². The Morgan fingerprint density at radius 3 is 2.79 bits per heavy atom. The molecule has 0 radical (unpaired) electrons. The molecule has 0 bridgehead atoms. The van der Waals surface area contributed by atoms with Crippen LogP contribution in [0, 0.1) is 0 Å². The van der Waals surface area contributed by atoms with E-state index in [0.717, 1.165) is 0 Å². The lowest BCUT2D eigenvalue weighted by atomic mass is 10.2. The number of nitrogens with zero attached hydrogens (tertiary/aromatic N) is 1. The van der Waals surface area contributed by atoms with Gasteiger partial charge in [0.15, 0.2) is 6.04 Å². The topological polar surface area (TPSA) is 55.7 Å². The number of aliphatic imine (C=N–C) groups is 1. The molecule has 0 aliphatic rings. The van der Waals surface area contributed by atoms with Crippen LogP contribution in [0.3, 0.4) is 0 Å². The van der Waals surface area contributed by atoms with Crippen LogP contribution in [0.25, 0.3) is 0 Å². The first-order chi connectivity index (χ1) is 6.61. The fourth-order valence-electron chi connectivity index (χ4n) is 0.815. The molecule has 0 rings (SSSR count). The minimum Gasteiger partial charge on any atom is -0.464 e. The summed E-state index contributed by atoms with van der Waals surface area (Å²) in [6.45, 7) is 2.02. The van der Waals surface area contributed by atoms with Crippen molar-refractivity contribution in [2.24, 2.45) is 4.99 Å². The van der Waals surface area contributed by atoms with E-state index in [9.17, 15) is 9.00 Å². The van der Waals surface area contributed by atoms with Gasteiger partial charge < -0.3 is 4.74 Å². The first kappa shape index (κ1) is 13.4. The van der Waals surface area contributed by atoms with E-state index in [0.29, 0.717) is 18.8 Å². The Morgan fingerprint density at radius 2 is 2.36 bits per heavy atom. The molecule has 0 amide bonds. The Hall–Kier alpha value is -0.580. The van der Waals surface area contributed by atoms with Crippen LogP contribution in [0.5, 0.6) is 0 Å². The molecular weight excluding hydrogens is 222 g/mol. The molecule has 0 spiro atoms. The van der Waals surface area contributed by atoms with Crippen LogP contribution in [0.15, 0.2) is 4.99 Å². The molecule has 0 saturated carbocycles. The van der Waals surface area contributed by atoms with Crippen molar-refractivity contribution < 1.29 is 13.7 Å². The van der Waals surface area contributed by atoms with Crippen molar-refractivity contribution in [3.8, 4) is 0 Å². The fourth-order valence-corrected chi connectivity index (χ4v) is 1.50. The zero-order chi connectivity index (χ0) is 11.0. The molecule has 0 aliphatic carbocycles. The second kappa shape index (κ2) is 7.79. The lowest BCUT2D eigenvalue weighted by Crippen LogP contribution is -2.23. The zero-order valence-electron chi connectivity index (χ0n) is 8.19. The number of isothiocyanates is 1. The molecule has 80 valence electrons. The smallest absolute Gasteiger partial charge is 0.331 e. The maximum atomic E-state index is 11.2. The van der Waals surface area contributed by atoms with Crippen molar-refractivity contribution in [2.75, 3.05) is 18.6 Å². The van der Waals surface area contributed by atoms with E-state index in [1.165, 1.54) is 0 Å². The van der Waals surface area contributed by atoms with Gasteiger partial charge in [0, 0.05) is 22.8 Å². The number of carbonyl (C=O) groups is 1. The summed E-state index contributed by atoms with van der Waals surface area (Å²) in [6.07, 6.45) is 1.95. The summed E-state index contributed by atoms with van der Waals surface area (Å²) < 4.78 is 15.6. The first-order valence-electron chi connectivity index (χ1n) is 4.15. The van der Waals surface area contributed by atoms with Crippen LogP contribution < -0.4 is 0 Å². The highest BCUT2D eigenvalue weighted by molar-refractivity contribution is 7.84. The van der Waals surface area contributed by atoms with Gasteiger partial charge in [-0.3, -0.25) is 4.21 Å². The lowest BCUT2D eigenvalue weighted by molar-refractivity contribution is -0.144. The van der Waals surface area contributed by atoms with Crippen molar-refractivity contribution in [3.63, 3.8) is 0 Å². The van der Waals surface area contributed by atoms with Gasteiger partial charge in [-0.25, -0.2) is 9.79 Å². The lowest BCUT2D eigenvalue weighted by Gasteiger charge is -2.08. The van der Waals surface area contributed by atoms with Crippen molar-refractivity contribution in [2.45, 2.75) is 19.4 Å². The second-order valence-corrected chi connectivity index (χ2v) is 4.29. The largest absolute Gasteiger partial charge is 0.464 e. The standard InChI is InChI=1S/C8H13NO3S2/c1-3-12-8(10)7(9-6-13)4-5-14(2)11/h7H,3-5H2,1-2H3. The number of thiocarbonyl (C=S) groups is 1. The molecule has 4 nitrogen and oxygen atoms in total. The monoisotopic (exact) mass is 235 g/mol. The van der Waals surface area contributed by atoms with Crippen LogP contribution in [0.4, 0.5) is 0 Å². The van der Waals surface area contributed by atoms with Crippen molar-refractivity contribution in [1.29, 1.82) is 0 Å². The van der Waals surface area contributed by atoms with E-state index in [2.05, 4.69) is 22.4 Å². The maximum absolute atomic E-state index is 11.2. The summed E-state index contributed by atoms with van der Waals surface area (Å²) in [5.74, 6) is -0.0282. The minimum absolute atomic E-state index is 0.303. The number of esters is 1. The highest BCUT2D eigenvalue weighted by atomic mass is 32.2. The Labute approximate surface area is 91.2 Å². The molecule has 0 saturated heterocycles. The average Bonchev–Trinajstić information content (AvgIpc) is 2.12. The van der Waals surface area contributed by atoms with Gasteiger partial charge in [-0.15, -0.1) is 0 Å². The summed E-state index contributed by atoms with van der Waals surface area (Å²) >= 11 is 4.41. The van der Waals surface area contributed by atoms with E-state index >= 15 is 0 Å². The molecule has 2 atom stereocenters. The zero-order valence-corrected chi connectivity index (χ0v) is 9.82. The number of rotatable bonds is 6. The predicted molar refractivity (Wildman–Crippen MR) is 59.0 cm³/mol. The van der Waals surface area contributed by atoms with Crippen LogP contribution >= 0.6 is 12.2 Å². The Balaban J connectivity index is 4.20. The fraction of sp³-hybridized carbons (Fsp3) is 0.750. The second-order valence-electron chi connectivity index (χ2n) is 2.55. The maximum Gasteiger partial charge on any atom is 0.331 e. The van der Waals surface area contributed by atoms with E-state index < -0.39 is 22.8 Å². The third-order valence-corrected chi connectivity index (χ3v) is 2.36. The highest BCUT2D eigenvalue weighted by Crippen LogP contribution is 2.01. The summed E-state index contributed by atoms with van der Waals surface area (Å²) in [7, 11) is -0.940. The average molecular weight is 235 g/mol. The number of carbonyl (C=O) groups excluding carboxylic acids is 1. The molecular formula is C8H13NO3S2. The first-order valence-corrected chi connectivity index (χ1v) is 6.29. The van der Waals surface area contributed by atoms with Gasteiger partial charge in [-0.05, 0) is 25.6 Å². The van der Waals surface area contributed by atoms with Gasteiger partial charge in [0.05, 0.1) is 11.8 Å². The van der Waals surface area contributed by atoms with Crippen molar-refractivity contribution in [3.05, 3.63) is 0 Å². The number of ether oxygens (including phenoxy) is 1. The predicted octanol–water partition coefficient (Wildman–Crippen LogP) is 0.789. The normalized spacial score (nSPS) is 13.9. The molecule has 2 unspecified atom stereocenters. The van der Waals surface area contributed by atoms with Gasteiger partial charge >= 0.3 is 5.97 Å². The molecule has 0 aliphatic heterocycles. The van der Waals surface area contributed by atoms with E-state index in [-0.39, 0.29) is 0 Å². The van der Waals surface area contributed by atoms with E-state index in [1.807, 2.05) is 0 Å². The summed E-state index contributed by atoms with van der Waals surface area (Å²) in [5.41, 5.74) is 0. The Kier molecular flexibility index (Phi) is 7.47. The third kappa shape index (κ3) is 5.96. The molecule has 0 aromatic heterocycles. The molecule has 6 heteroatoms. The third-order valence-electron chi connectivity index (χ3n) is 1.45. The van der Waals surface area contributed by atoms with Crippen LogP contribution in [-0.4, -0.2) is 40.0 Å². The SMILES string of the molecule is CCOC(=O)C(CCS(C)=O)N=C=S. The van der Waals surface area contributed by atoms with Gasteiger partial charge in [-0.1, -0.05) is 0 Å². The van der Waals surface area contributed by atoms with Gasteiger partial charge in [0.1, 0.15) is 0 Å². The molecule has 0 heterocycles. The van der Waals surface area contributed by atoms with Crippen LogP contribution in [0.1, 0.15) is 13.3 Å². The van der Waals surface area contributed by atoms with E-state index in [1.54, 1.807) is 13.2 Å². The quantitative estimate of drug-likeness (QED) is 0.388. The van der Waals surface area contributed by atoms with Gasteiger partial charge in [0.2, 0.25) is 0 Å². The molecule has 0 fully saturated rings. The molecule has 0 aromatic carbocycles. The molecule has 14 heavy (non-hydrogen) atoms.